The van der Waals surface area contributed by atoms with Crippen LogP contribution in [-0.2, 0) is 24.2 Å². The van der Waals surface area contributed by atoms with Crippen LogP contribution in [0.3, 0.4) is 0 Å². The largest absolute Gasteiger partial charge is 0.383 e. The molecule has 0 aliphatic heterocycles. The molecule has 1 atom stereocenters. The Morgan fingerprint density at radius 1 is 1.10 bits per heavy atom. The summed E-state index contributed by atoms with van der Waals surface area (Å²) in [7, 11) is 1.60. The van der Waals surface area contributed by atoms with Crippen LogP contribution in [0.15, 0.2) is 71.7 Å². The van der Waals surface area contributed by atoms with E-state index in [0.717, 1.165) is 18.4 Å². The predicted octanol–water partition coefficient (Wildman–Crippen LogP) is 4.13. The fourth-order valence-corrected chi connectivity index (χ4v) is 4.26. The molecule has 0 N–H and O–H groups in total. The summed E-state index contributed by atoms with van der Waals surface area (Å²) in [4.78, 5) is 27.9. The van der Waals surface area contributed by atoms with Crippen LogP contribution in [0.4, 0.5) is 0 Å². The van der Waals surface area contributed by atoms with Gasteiger partial charge in [-0.3, -0.25) is 9.59 Å². The van der Waals surface area contributed by atoms with Crippen molar-refractivity contribution in [2.45, 2.75) is 38.9 Å². The van der Waals surface area contributed by atoms with Gasteiger partial charge in [-0.05, 0) is 42.5 Å². The fraction of sp³-hybridized carbons (Fsp3) is 0.308. The predicted molar refractivity (Wildman–Crippen MR) is 121 cm³/mol. The fourth-order valence-electron chi connectivity index (χ4n) is 4.26. The number of carbonyl (C=O) groups excluding carboxylic acids is 1. The molecule has 1 aliphatic rings. The number of methoxy groups -OCH3 is 1. The summed E-state index contributed by atoms with van der Waals surface area (Å²) < 4.78 is 6.65. The van der Waals surface area contributed by atoms with Gasteiger partial charge < -0.3 is 14.2 Å². The lowest BCUT2D eigenvalue weighted by molar-refractivity contribution is 0.0657. The molecule has 0 saturated heterocycles. The number of amides is 1. The molecule has 2 aromatic carbocycles. The minimum Gasteiger partial charge on any atom is -0.383 e. The highest BCUT2D eigenvalue weighted by molar-refractivity contribution is 5.94. The lowest BCUT2D eigenvalue weighted by Crippen LogP contribution is -2.34. The number of rotatable bonds is 7. The summed E-state index contributed by atoms with van der Waals surface area (Å²) in [5.74, 6) is -0.0616. The summed E-state index contributed by atoms with van der Waals surface area (Å²) in [6.07, 6.45) is 3.53. The molecule has 4 rings (SSSR count). The van der Waals surface area contributed by atoms with E-state index in [1.165, 1.54) is 22.8 Å². The van der Waals surface area contributed by atoms with Crippen LogP contribution >= 0.6 is 0 Å². The Bertz CT molecular complexity index is 1120. The van der Waals surface area contributed by atoms with Gasteiger partial charge in [0, 0.05) is 32.5 Å². The average molecular weight is 417 g/mol. The van der Waals surface area contributed by atoms with Crippen LogP contribution in [0.1, 0.15) is 45.1 Å². The number of benzene rings is 2. The molecule has 0 bridgehead atoms. The van der Waals surface area contributed by atoms with Crippen molar-refractivity contribution in [3.63, 3.8) is 0 Å². The second kappa shape index (κ2) is 9.31. The van der Waals surface area contributed by atoms with E-state index in [2.05, 4.69) is 49.4 Å². The SMILES string of the molecule is COCCn1cc(C(=O)N(Cc2ccc(C)cc2)C2CCc3ccccc32)ccc1=O. The van der Waals surface area contributed by atoms with Gasteiger partial charge in [-0.2, -0.15) is 0 Å². The van der Waals surface area contributed by atoms with Gasteiger partial charge in [-0.1, -0.05) is 54.1 Å². The van der Waals surface area contributed by atoms with Crippen LogP contribution in [0, 0.1) is 6.92 Å². The van der Waals surface area contributed by atoms with Crippen molar-refractivity contribution in [1.29, 1.82) is 0 Å². The lowest BCUT2D eigenvalue weighted by atomic mass is 10.0. The van der Waals surface area contributed by atoms with Gasteiger partial charge in [0.2, 0.25) is 0 Å². The van der Waals surface area contributed by atoms with Gasteiger partial charge >= 0.3 is 0 Å². The van der Waals surface area contributed by atoms with E-state index in [9.17, 15) is 9.59 Å². The van der Waals surface area contributed by atoms with E-state index in [1.807, 2.05) is 11.0 Å². The second-order valence-corrected chi connectivity index (χ2v) is 8.11. The van der Waals surface area contributed by atoms with Gasteiger partial charge in [0.05, 0.1) is 18.2 Å². The van der Waals surface area contributed by atoms with E-state index >= 15 is 0 Å². The second-order valence-electron chi connectivity index (χ2n) is 8.11. The van der Waals surface area contributed by atoms with Crippen LogP contribution in [0.2, 0.25) is 0 Å². The Kier molecular flexibility index (Phi) is 6.33. The van der Waals surface area contributed by atoms with E-state index in [-0.39, 0.29) is 17.5 Å². The zero-order valence-electron chi connectivity index (χ0n) is 18.1. The first-order chi connectivity index (χ1) is 15.1. The lowest BCUT2D eigenvalue weighted by Gasteiger charge is -2.30. The van der Waals surface area contributed by atoms with E-state index in [0.29, 0.717) is 25.3 Å². The Hall–Kier alpha value is -3.18. The summed E-state index contributed by atoms with van der Waals surface area (Å²) in [5, 5.41) is 0. The summed E-state index contributed by atoms with van der Waals surface area (Å²) in [5.41, 5.74) is 5.20. The van der Waals surface area contributed by atoms with Crippen molar-refractivity contribution >= 4 is 5.91 Å². The molecule has 1 aliphatic carbocycles. The third-order valence-corrected chi connectivity index (χ3v) is 5.98. The van der Waals surface area contributed by atoms with E-state index < -0.39 is 0 Å². The molecular weight excluding hydrogens is 388 g/mol. The topological polar surface area (TPSA) is 51.5 Å². The maximum absolute atomic E-state index is 13.7. The van der Waals surface area contributed by atoms with Crippen molar-refractivity contribution in [2.75, 3.05) is 13.7 Å². The number of aryl methyl sites for hydroxylation is 2. The first-order valence-electron chi connectivity index (χ1n) is 10.7. The van der Waals surface area contributed by atoms with E-state index in [1.54, 1.807) is 23.9 Å². The van der Waals surface area contributed by atoms with Gasteiger partial charge in [0.1, 0.15) is 0 Å². The minimum absolute atomic E-state index is 0.0179. The van der Waals surface area contributed by atoms with Crippen LogP contribution < -0.4 is 5.56 Å². The van der Waals surface area contributed by atoms with Crippen LogP contribution in [-0.4, -0.2) is 29.1 Å². The number of carbonyl (C=O) groups is 1. The Balaban J connectivity index is 1.69. The molecular formula is C26H28N2O3. The van der Waals surface area contributed by atoms with Gasteiger partial charge in [-0.15, -0.1) is 0 Å². The zero-order chi connectivity index (χ0) is 21.8. The molecule has 1 unspecified atom stereocenters. The van der Waals surface area contributed by atoms with Crippen molar-refractivity contribution < 1.29 is 9.53 Å². The van der Waals surface area contributed by atoms with Gasteiger partial charge in [0.15, 0.2) is 0 Å². The van der Waals surface area contributed by atoms with Gasteiger partial charge in [0.25, 0.3) is 11.5 Å². The van der Waals surface area contributed by atoms with Crippen LogP contribution in [0.5, 0.6) is 0 Å². The minimum atomic E-state index is -0.134. The third kappa shape index (κ3) is 4.62. The molecule has 3 aromatic rings. The molecule has 160 valence electrons. The summed E-state index contributed by atoms with van der Waals surface area (Å²) in [6, 6.07) is 19.8. The van der Waals surface area contributed by atoms with Crippen molar-refractivity contribution in [1.82, 2.24) is 9.47 Å². The number of nitrogens with zero attached hydrogens (tertiary/aromatic N) is 2. The smallest absolute Gasteiger partial charge is 0.256 e. The quantitative estimate of drug-likeness (QED) is 0.582. The molecule has 0 saturated carbocycles. The van der Waals surface area contributed by atoms with Crippen molar-refractivity contribution in [3.05, 3.63) is 105 Å². The third-order valence-electron chi connectivity index (χ3n) is 5.98. The highest BCUT2D eigenvalue weighted by Gasteiger charge is 2.31. The zero-order valence-corrected chi connectivity index (χ0v) is 18.1. The normalized spacial score (nSPS) is 15.0. The molecule has 0 fully saturated rings. The molecule has 0 spiro atoms. The summed E-state index contributed by atoms with van der Waals surface area (Å²) >= 11 is 0. The highest BCUT2D eigenvalue weighted by atomic mass is 16.5. The number of ether oxygens (including phenoxy) is 1. The van der Waals surface area contributed by atoms with Gasteiger partial charge in [-0.25, -0.2) is 0 Å². The standard InChI is InChI=1S/C26H28N2O3/c1-19-7-9-20(10-8-19)17-28(24-13-11-21-5-3-4-6-23(21)24)26(30)22-12-14-25(29)27(18-22)15-16-31-2/h3-10,12,14,18,24H,11,13,15-17H2,1-2H3. The Morgan fingerprint density at radius 2 is 1.87 bits per heavy atom. The molecule has 1 heterocycles. The average Bonchev–Trinajstić information content (AvgIpc) is 3.21. The number of pyridine rings is 1. The van der Waals surface area contributed by atoms with E-state index in [4.69, 9.17) is 4.74 Å². The van der Waals surface area contributed by atoms with Crippen LogP contribution in [0.25, 0.3) is 0 Å². The van der Waals surface area contributed by atoms with Crippen molar-refractivity contribution in [3.8, 4) is 0 Å². The monoisotopic (exact) mass is 416 g/mol. The first-order valence-corrected chi connectivity index (χ1v) is 10.7. The molecule has 0 radical (unpaired) electrons. The molecule has 31 heavy (non-hydrogen) atoms. The number of hydrogen-bond donors (Lipinski definition) is 0. The van der Waals surface area contributed by atoms with Crippen molar-refractivity contribution in [2.24, 2.45) is 0 Å². The molecule has 5 heteroatoms. The molecule has 1 aromatic heterocycles. The number of hydrogen-bond acceptors (Lipinski definition) is 3. The first kappa shape index (κ1) is 21.1. The summed E-state index contributed by atoms with van der Waals surface area (Å²) in [6.45, 7) is 3.42. The maximum Gasteiger partial charge on any atom is 0.256 e. The number of aromatic nitrogens is 1. The molecule has 1 amide bonds. The Labute approximate surface area is 182 Å². The highest BCUT2D eigenvalue weighted by Crippen LogP contribution is 2.37. The number of fused-ring (bicyclic) bond motifs is 1. The molecule has 5 nitrogen and oxygen atoms in total. The Morgan fingerprint density at radius 3 is 2.65 bits per heavy atom. The maximum atomic E-state index is 13.7.